The third-order valence-corrected chi connectivity index (χ3v) is 15.5. The van der Waals surface area contributed by atoms with Gasteiger partial charge in [0.15, 0.2) is 23.1 Å². The summed E-state index contributed by atoms with van der Waals surface area (Å²) in [5.74, 6) is 1.04. The van der Waals surface area contributed by atoms with Crippen LogP contribution in [-0.4, -0.2) is 134 Å². The topological polar surface area (TPSA) is 239 Å². The molecule has 3 saturated carbocycles. The molecule has 0 atom stereocenters. The van der Waals surface area contributed by atoms with Crippen LogP contribution in [0.2, 0.25) is 25.8 Å². The van der Waals surface area contributed by atoms with Gasteiger partial charge in [-0.1, -0.05) is 79.8 Å². The second-order valence-corrected chi connectivity index (χ2v) is 35.0. The Morgan fingerprint density at radius 2 is 0.897 bits per heavy atom. The van der Waals surface area contributed by atoms with E-state index in [-0.39, 0.29) is 75.6 Å². The first-order valence-electron chi connectivity index (χ1n) is 27.5. The first kappa shape index (κ1) is 81.9. The normalized spacial score (nSPS) is 17.0. The minimum atomic E-state index is -4.16. The van der Waals surface area contributed by atoms with E-state index in [1.807, 2.05) is 13.8 Å². The van der Waals surface area contributed by atoms with Gasteiger partial charge in [-0.15, -0.1) is 4.21 Å². The maximum absolute atomic E-state index is 11.8. The molecule has 0 aromatic carbocycles. The molecule has 10 rings (SSSR count). The van der Waals surface area contributed by atoms with Crippen LogP contribution >= 0.6 is 79.4 Å². The summed E-state index contributed by atoms with van der Waals surface area (Å²) in [6.07, 6.45) is 22.2. The number of anilines is 2. The number of pyridine rings is 4. The van der Waals surface area contributed by atoms with Crippen molar-refractivity contribution in [3.63, 3.8) is 0 Å². The SMILES string of the molecule is C.C1CC2(CCN1)CC2.C=C(C)OCC.CC(=O)c1ccc(C(C)=O)c(N2CCC3(CC2)CC3)n1.CC(=O)c1ccc(Cl)nc1Cl.CC(=O)c1ccc(Cl)nc1N1CCC2(CC1)CC2.CS(=O)(O)(Cl)Cl.C[S+](C)(C)=O.O=C(O)c1ccc(Cl)nc1Cl.[I-]. The first-order chi connectivity index (χ1) is 39.2. The molecule has 4 aromatic rings. The lowest BCUT2D eigenvalue weighted by Gasteiger charge is -2.34. The third-order valence-electron chi connectivity index (χ3n) is 14.2. The number of aromatic carboxylic acids is 1. The average Bonchev–Trinajstić information content (AvgIpc) is 1.95. The van der Waals surface area contributed by atoms with E-state index in [1.165, 1.54) is 122 Å². The van der Waals surface area contributed by atoms with Crippen molar-refractivity contribution in [1.29, 1.82) is 0 Å². The fraction of sp³-hybridized carbons (Fsp3) is 0.550. The number of Topliss-reactive ketones (excluding diaryl/α,β-unsaturated/α-hetero) is 4. The van der Waals surface area contributed by atoms with Crippen LogP contribution in [0.5, 0.6) is 0 Å². The molecule has 0 bridgehead atoms. The van der Waals surface area contributed by atoms with Gasteiger partial charge in [-0.05, 0) is 190 Å². The molecule has 7 heterocycles. The molecule has 87 heavy (non-hydrogen) atoms. The third kappa shape index (κ3) is 32.6. The number of hydrogen-bond acceptors (Lipinski definition) is 15. The summed E-state index contributed by atoms with van der Waals surface area (Å²) in [6, 6.07) is 12.6. The molecule has 488 valence electrons. The Balaban J connectivity index is 0.000000519. The van der Waals surface area contributed by atoms with Gasteiger partial charge in [-0.2, -0.15) is 4.21 Å². The van der Waals surface area contributed by atoms with E-state index in [9.17, 15) is 32.4 Å². The summed E-state index contributed by atoms with van der Waals surface area (Å²) in [6.45, 7) is 20.5. The molecule has 27 heteroatoms. The summed E-state index contributed by atoms with van der Waals surface area (Å²) < 4.78 is 33.0. The van der Waals surface area contributed by atoms with E-state index in [0.29, 0.717) is 49.3 Å². The number of carboxylic acids is 1. The molecule has 0 amide bonds. The quantitative estimate of drug-likeness (QED) is 0.0352. The van der Waals surface area contributed by atoms with Crippen LogP contribution in [0.1, 0.15) is 178 Å². The number of allylic oxidation sites excluding steroid dienone is 1. The second-order valence-electron chi connectivity index (χ2n) is 22.7. The molecule has 17 nitrogen and oxygen atoms in total. The number of nitrogens with zero attached hydrogens (tertiary/aromatic N) is 6. The van der Waals surface area contributed by atoms with Crippen molar-refractivity contribution in [2.75, 3.05) is 80.7 Å². The van der Waals surface area contributed by atoms with Gasteiger partial charge in [0.1, 0.15) is 61.9 Å². The van der Waals surface area contributed by atoms with Crippen LogP contribution < -0.4 is 39.1 Å². The van der Waals surface area contributed by atoms with Gasteiger partial charge < -0.3 is 48.9 Å². The highest BCUT2D eigenvalue weighted by atomic mass is 127. The molecule has 0 unspecified atom stereocenters. The summed E-state index contributed by atoms with van der Waals surface area (Å²) in [4.78, 5) is 76.5. The fourth-order valence-electron chi connectivity index (χ4n) is 8.97. The zero-order chi connectivity index (χ0) is 64.3. The van der Waals surface area contributed by atoms with E-state index in [2.05, 4.69) is 63.0 Å². The van der Waals surface area contributed by atoms with Crippen LogP contribution in [0, 0.1) is 16.2 Å². The molecule has 6 fully saturated rings. The van der Waals surface area contributed by atoms with Crippen molar-refractivity contribution >= 4 is 138 Å². The standard InChI is InChI=1S/C16H20N2O2.C14H17ClN2O.C7H5Cl2NO.C7H13N.C6H3Cl2NO2.C5H10O.C3H9OS.CH4Cl2O2S.CH4.HI/c1-11(19)13-3-4-14(12(2)20)17-15(13)18-9-7-16(5-6-16)8-10-18;1-10(18)11-2-3-12(15)16-13(11)17-8-6-14(4-5-14)7-9-17;1-4(11)5-2-3-6(8)10-7(5)9;1-2-7(1)3-5-8-6-4-7;7-4-2-1-3(6(10)11)5(8)9-4;1-4-6-5(2)3;1-5(2,3)4;1-6(2,3,4)5;;/h3-4H,5-10H2,1-2H3;2-3H,4-9H2,1H3;2-3H,1H3;8H,1-6H2;1-2H,(H,10,11);2,4H2,1,3H3;1-3H3;1H3,(H,4,5);1H4;1H/q;;;;;;+1;;;/p-1. The smallest absolute Gasteiger partial charge is 0.338 e. The van der Waals surface area contributed by atoms with E-state index >= 15 is 0 Å². The zero-order valence-electron chi connectivity index (χ0n) is 50.4. The van der Waals surface area contributed by atoms with Crippen molar-refractivity contribution in [2.45, 2.75) is 126 Å². The van der Waals surface area contributed by atoms with Gasteiger partial charge in [0.05, 0.1) is 50.8 Å². The number of carbonyl (C=O) groups is 5. The molecule has 4 aromatic heterocycles. The summed E-state index contributed by atoms with van der Waals surface area (Å²) in [7, 11) is 3.75. The Labute approximate surface area is 566 Å². The van der Waals surface area contributed by atoms with Crippen LogP contribution in [-0.2, 0) is 26.7 Å². The number of nitrogens with one attached hydrogen (secondary N) is 1. The lowest BCUT2D eigenvalue weighted by Crippen LogP contribution is -3.00. The van der Waals surface area contributed by atoms with Crippen molar-refractivity contribution in [1.82, 2.24) is 25.3 Å². The molecular weight excluding hydrogens is 1420 g/mol. The van der Waals surface area contributed by atoms with Gasteiger partial charge in [0.2, 0.25) is 0 Å². The van der Waals surface area contributed by atoms with E-state index in [0.717, 1.165) is 56.0 Å². The number of halogens is 8. The Morgan fingerprint density at radius 3 is 1.17 bits per heavy atom. The lowest BCUT2D eigenvalue weighted by atomic mass is 9.93. The van der Waals surface area contributed by atoms with Gasteiger partial charge in [0, 0.05) is 54.5 Å². The number of carbonyl (C=O) groups excluding carboxylic acids is 4. The molecule has 3 N–H and O–H groups in total. The van der Waals surface area contributed by atoms with Gasteiger partial charge >= 0.3 is 5.97 Å². The summed E-state index contributed by atoms with van der Waals surface area (Å²) in [5, 5.41) is 12.9. The zero-order valence-corrected chi connectivity index (χ0v) is 59.5. The molecular formula is C60H85Cl7IN7O10S2. The van der Waals surface area contributed by atoms with Crippen molar-refractivity contribution in [3.8, 4) is 0 Å². The van der Waals surface area contributed by atoms with Crippen molar-refractivity contribution in [2.24, 2.45) is 16.2 Å². The van der Waals surface area contributed by atoms with Gasteiger partial charge in [-0.3, -0.25) is 23.7 Å². The van der Waals surface area contributed by atoms with E-state index < -0.39 is 23.7 Å². The van der Waals surface area contributed by atoms with Gasteiger partial charge in [0.25, 0.3) is 0 Å². The predicted octanol–water partition coefficient (Wildman–Crippen LogP) is 12.8. The lowest BCUT2D eigenvalue weighted by molar-refractivity contribution is -0.0000678. The predicted molar refractivity (Wildman–Crippen MR) is 356 cm³/mol. The minimum absolute atomic E-state index is 0. The van der Waals surface area contributed by atoms with Crippen molar-refractivity contribution < 1.29 is 70.8 Å². The average molecular weight is 1500 g/mol. The number of rotatable bonds is 9. The molecule has 0 radical (unpaired) electrons. The summed E-state index contributed by atoms with van der Waals surface area (Å²) >= 11 is 28.0. The Morgan fingerprint density at radius 1 is 0.586 bits per heavy atom. The number of hydrogen-bond donors (Lipinski definition) is 3. The van der Waals surface area contributed by atoms with E-state index in [4.69, 9.17) is 72.4 Å². The van der Waals surface area contributed by atoms with Crippen LogP contribution in [0.15, 0.2) is 60.9 Å². The van der Waals surface area contributed by atoms with Gasteiger partial charge in [-0.25, -0.2) is 24.7 Å². The second kappa shape index (κ2) is 36.2. The number of ether oxygens (including phenoxy) is 1. The maximum Gasteiger partial charge on any atom is 0.338 e. The monoisotopic (exact) mass is 1500 g/mol. The van der Waals surface area contributed by atoms with Crippen molar-refractivity contribution in [3.05, 3.63) is 115 Å². The first-order valence-corrected chi connectivity index (χ1v) is 36.2. The Kier molecular flexibility index (Phi) is 34.1. The minimum Gasteiger partial charge on any atom is -1.00 e. The number of ketones is 4. The van der Waals surface area contributed by atoms with E-state index in [1.54, 1.807) is 62.9 Å². The molecule has 6 aliphatic rings. The highest BCUT2D eigenvalue weighted by Gasteiger charge is 2.46. The highest BCUT2D eigenvalue weighted by Crippen LogP contribution is 2.55. The maximum atomic E-state index is 11.8. The Bertz CT molecular complexity index is 3020. The number of piperidine rings is 3. The Hall–Kier alpha value is -3.13. The van der Waals surface area contributed by atoms with Crippen LogP contribution in [0.3, 0.4) is 0 Å². The molecule has 3 spiro atoms. The molecule has 3 saturated heterocycles. The highest BCUT2D eigenvalue weighted by molar-refractivity contribution is 8.49. The largest absolute Gasteiger partial charge is 1.00 e. The molecule has 3 aliphatic carbocycles. The number of carboxylic acid groups (broad SMARTS) is 1. The molecule has 3 aliphatic heterocycles. The van der Waals surface area contributed by atoms with Crippen LogP contribution in [0.4, 0.5) is 11.6 Å². The van der Waals surface area contributed by atoms with Crippen LogP contribution in [0.25, 0.3) is 0 Å². The summed E-state index contributed by atoms with van der Waals surface area (Å²) in [5.41, 5.74) is 4.19. The fourth-order valence-corrected chi connectivity index (χ4v) is 10.0. The number of aromatic nitrogens is 4.